The second kappa shape index (κ2) is 9.03. The van der Waals surface area contributed by atoms with Crippen LogP contribution in [0.3, 0.4) is 0 Å². The van der Waals surface area contributed by atoms with E-state index in [1.165, 1.54) is 25.9 Å². The van der Waals surface area contributed by atoms with Gasteiger partial charge in [-0.05, 0) is 79.6 Å². The third-order valence-corrected chi connectivity index (χ3v) is 6.98. The third kappa shape index (κ3) is 4.79. The summed E-state index contributed by atoms with van der Waals surface area (Å²) in [7, 11) is 0. The fraction of sp³-hybridized carbons (Fsp3) is 0.952. The summed E-state index contributed by atoms with van der Waals surface area (Å²) >= 11 is 0. The molecule has 5 heteroatoms. The van der Waals surface area contributed by atoms with Crippen molar-refractivity contribution in [2.24, 2.45) is 5.92 Å². The predicted octanol–water partition coefficient (Wildman–Crippen LogP) is 2.12. The average Bonchev–Trinajstić information content (AvgIpc) is 2.67. The number of hydrogen-bond donors (Lipinski definition) is 0. The Morgan fingerprint density at radius 3 is 1.62 bits per heavy atom. The Morgan fingerprint density at radius 1 is 0.692 bits per heavy atom. The van der Waals surface area contributed by atoms with E-state index in [2.05, 4.69) is 47.3 Å². The van der Waals surface area contributed by atoms with Crippen molar-refractivity contribution in [2.45, 2.75) is 71.5 Å². The number of amides is 1. The van der Waals surface area contributed by atoms with Crippen molar-refractivity contribution in [3.8, 4) is 0 Å². The summed E-state index contributed by atoms with van der Waals surface area (Å²) < 4.78 is 0. The fourth-order valence-corrected chi connectivity index (χ4v) is 5.00. The molecule has 0 radical (unpaired) electrons. The Kier molecular flexibility index (Phi) is 6.98. The number of nitrogens with zero attached hydrogens (tertiary/aromatic N) is 4. The van der Waals surface area contributed by atoms with Crippen LogP contribution in [0.2, 0.25) is 0 Å². The number of rotatable bonds is 4. The van der Waals surface area contributed by atoms with Gasteiger partial charge in [0.2, 0.25) is 5.91 Å². The van der Waals surface area contributed by atoms with Gasteiger partial charge in [-0.1, -0.05) is 0 Å². The second-order valence-corrected chi connectivity index (χ2v) is 9.13. The minimum atomic E-state index is 0.269. The lowest BCUT2D eigenvalue weighted by atomic mass is 9.94. The Labute approximate surface area is 160 Å². The van der Waals surface area contributed by atoms with Crippen molar-refractivity contribution >= 4 is 5.91 Å². The highest BCUT2D eigenvalue weighted by atomic mass is 16.2. The number of piperazine rings is 1. The molecule has 3 aliphatic heterocycles. The lowest BCUT2D eigenvalue weighted by Gasteiger charge is -2.44. The minimum Gasteiger partial charge on any atom is -0.340 e. The van der Waals surface area contributed by atoms with Crippen molar-refractivity contribution < 1.29 is 4.79 Å². The van der Waals surface area contributed by atoms with E-state index in [0.717, 1.165) is 58.2 Å². The molecule has 0 unspecified atom stereocenters. The molecular formula is C21H40N4O. The van der Waals surface area contributed by atoms with E-state index in [0.29, 0.717) is 18.0 Å². The summed E-state index contributed by atoms with van der Waals surface area (Å²) in [5.41, 5.74) is 0. The van der Waals surface area contributed by atoms with Crippen molar-refractivity contribution in [1.29, 1.82) is 0 Å². The highest BCUT2D eigenvalue weighted by molar-refractivity contribution is 5.79. The zero-order valence-electron chi connectivity index (χ0n) is 17.5. The summed E-state index contributed by atoms with van der Waals surface area (Å²) in [5, 5.41) is 0. The van der Waals surface area contributed by atoms with Gasteiger partial charge < -0.3 is 14.7 Å². The van der Waals surface area contributed by atoms with Crippen LogP contribution in [0.5, 0.6) is 0 Å². The topological polar surface area (TPSA) is 30.0 Å². The summed E-state index contributed by atoms with van der Waals surface area (Å²) in [6.45, 7) is 17.8. The molecule has 3 heterocycles. The molecule has 0 N–H and O–H groups in total. The molecule has 0 aromatic heterocycles. The van der Waals surface area contributed by atoms with Crippen molar-refractivity contribution in [2.75, 3.05) is 52.4 Å². The molecular weight excluding hydrogens is 324 g/mol. The molecule has 3 rings (SSSR count). The second-order valence-electron chi connectivity index (χ2n) is 9.13. The number of piperidine rings is 2. The largest absolute Gasteiger partial charge is 0.340 e. The first-order valence-corrected chi connectivity index (χ1v) is 11.0. The maximum absolute atomic E-state index is 12.9. The first kappa shape index (κ1) is 20.1. The van der Waals surface area contributed by atoms with E-state index in [9.17, 15) is 4.79 Å². The highest BCUT2D eigenvalue weighted by Crippen LogP contribution is 2.23. The van der Waals surface area contributed by atoms with Gasteiger partial charge in [0.25, 0.3) is 0 Å². The average molecular weight is 365 g/mol. The van der Waals surface area contributed by atoms with Crippen LogP contribution in [0.15, 0.2) is 0 Å². The molecule has 0 saturated carbocycles. The molecule has 0 bridgehead atoms. The molecule has 150 valence electrons. The number of carbonyl (C=O) groups excluding carboxylic acids is 1. The number of carbonyl (C=O) groups is 1. The van der Waals surface area contributed by atoms with Gasteiger partial charge in [-0.2, -0.15) is 0 Å². The number of likely N-dealkylation sites (tertiary alicyclic amines) is 2. The van der Waals surface area contributed by atoms with Crippen LogP contribution < -0.4 is 0 Å². The maximum Gasteiger partial charge on any atom is 0.225 e. The van der Waals surface area contributed by atoms with Crippen LogP contribution in [0.25, 0.3) is 0 Å². The Balaban J connectivity index is 1.40. The van der Waals surface area contributed by atoms with Gasteiger partial charge in [-0.3, -0.25) is 9.69 Å². The van der Waals surface area contributed by atoms with Gasteiger partial charge in [0.1, 0.15) is 0 Å². The lowest BCUT2D eigenvalue weighted by molar-refractivity contribution is -0.139. The molecule has 0 aromatic carbocycles. The molecule has 3 fully saturated rings. The molecule has 3 aliphatic rings. The van der Waals surface area contributed by atoms with Gasteiger partial charge in [0.05, 0.1) is 0 Å². The Hall–Kier alpha value is -0.650. The Bertz CT molecular complexity index is 443. The van der Waals surface area contributed by atoms with Gasteiger partial charge in [-0.25, -0.2) is 0 Å². The molecule has 0 atom stereocenters. The highest BCUT2D eigenvalue weighted by Gasteiger charge is 2.33. The van der Waals surface area contributed by atoms with E-state index >= 15 is 0 Å². The van der Waals surface area contributed by atoms with Crippen molar-refractivity contribution in [3.05, 3.63) is 0 Å². The number of hydrogen-bond acceptors (Lipinski definition) is 4. The van der Waals surface area contributed by atoms with Gasteiger partial charge in [-0.15, -0.1) is 0 Å². The van der Waals surface area contributed by atoms with Crippen LogP contribution in [-0.4, -0.2) is 96.0 Å². The van der Waals surface area contributed by atoms with Crippen LogP contribution in [0, 0.1) is 5.92 Å². The first-order valence-electron chi connectivity index (χ1n) is 11.0. The Morgan fingerprint density at radius 2 is 1.15 bits per heavy atom. The molecule has 0 spiro atoms. The molecule has 0 aromatic rings. The van der Waals surface area contributed by atoms with E-state index in [4.69, 9.17) is 0 Å². The van der Waals surface area contributed by atoms with Gasteiger partial charge >= 0.3 is 0 Å². The maximum atomic E-state index is 12.9. The SMILES string of the molecule is CC(C)N1CCC(C(=O)N2CCN(C3CCN(C(C)C)CC3)CC2)CC1. The van der Waals surface area contributed by atoms with Crippen LogP contribution in [-0.2, 0) is 4.79 Å². The van der Waals surface area contributed by atoms with Crippen LogP contribution in [0.4, 0.5) is 0 Å². The smallest absolute Gasteiger partial charge is 0.225 e. The van der Waals surface area contributed by atoms with Crippen LogP contribution in [0.1, 0.15) is 53.4 Å². The lowest BCUT2D eigenvalue weighted by Crippen LogP contribution is -2.56. The molecule has 3 saturated heterocycles. The van der Waals surface area contributed by atoms with E-state index < -0.39 is 0 Å². The zero-order valence-corrected chi connectivity index (χ0v) is 17.5. The van der Waals surface area contributed by atoms with Gasteiger partial charge in [0, 0.05) is 50.2 Å². The summed E-state index contributed by atoms with van der Waals surface area (Å²) in [4.78, 5) is 22.8. The molecule has 0 aliphatic carbocycles. The summed E-state index contributed by atoms with van der Waals surface area (Å²) in [5.74, 6) is 0.702. The van der Waals surface area contributed by atoms with Crippen molar-refractivity contribution in [1.82, 2.24) is 19.6 Å². The monoisotopic (exact) mass is 364 g/mol. The van der Waals surface area contributed by atoms with E-state index in [1.807, 2.05) is 0 Å². The van der Waals surface area contributed by atoms with Gasteiger partial charge in [0.15, 0.2) is 0 Å². The first-order chi connectivity index (χ1) is 12.5. The molecule has 1 amide bonds. The summed E-state index contributed by atoms with van der Waals surface area (Å²) in [6, 6.07) is 2.01. The fourth-order valence-electron chi connectivity index (χ4n) is 5.00. The standard InChI is InChI=1S/C21H40N4O/c1-17(2)22-9-5-19(6-10-22)21(26)25-15-13-24(14-16-25)20-7-11-23(12-8-20)18(3)4/h17-20H,5-16H2,1-4H3. The van der Waals surface area contributed by atoms with E-state index in [1.54, 1.807) is 0 Å². The quantitative estimate of drug-likeness (QED) is 0.764. The summed E-state index contributed by atoms with van der Waals surface area (Å²) in [6.07, 6.45) is 4.68. The third-order valence-electron chi connectivity index (χ3n) is 6.98. The molecule has 26 heavy (non-hydrogen) atoms. The van der Waals surface area contributed by atoms with E-state index in [-0.39, 0.29) is 5.92 Å². The molecule has 5 nitrogen and oxygen atoms in total. The van der Waals surface area contributed by atoms with Crippen LogP contribution >= 0.6 is 0 Å². The zero-order chi connectivity index (χ0) is 18.7. The predicted molar refractivity (Wildman–Crippen MR) is 107 cm³/mol. The normalized spacial score (nSPS) is 26.2. The van der Waals surface area contributed by atoms with Crippen molar-refractivity contribution in [3.63, 3.8) is 0 Å². The minimum absolute atomic E-state index is 0.269.